The molecule has 1 aromatic heterocycles. The van der Waals surface area contributed by atoms with Crippen molar-refractivity contribution in [2.45, 2.75) is 12.2 Å². The van der Waals surface area contributed by atoms with E-state index in [0.29, 0.717) is 0 Å². The van der Waals surface area contributed by atoms with Gasteiger partial charge in [-0.1, -0.05) is 16.6 Å². The second-order valence-electron chi connectivity index (χ2n) is 3.66. The molecule has 96 valence electrons. The molecule has 0 aliphatic rings. The van der Waals surface area contributed by atoms with Crippen molar-refractivity contribution in [3.63, 3.8) is 0 Å². The molecular formula is C11H10F3N3S. The van der Waals surface area contributed by atoms with Crippen LogP contribution in [-0.4, -0.2) is 16.6 Å². The summed E-state index contributed by atoms with van der Waals surface area (Å²) in [7, 11) is 1.74. The van der Waals surface area contributed by atoms with E-state index in [0.717, 1.165) is 22.6 Å². The van der Waals surface area contributed by atoms with Crippen LogP contribution in [0.15, 0.2) is 30.5 Å². The van der Waals surface area contributed by atoms with Crippen LogP contribution in [0.1, 0.15) is 22.0 Å². The lowest BCUT2D eigenvalue weighted by Crippen LogP contribution is -2.16. The van der Waals surface area contributed by atoms with Crippen molar-refractivity contribution in [2.75, 3.05) is 7.05 Å². The Morgan fingerprint density at radius 1 is 1.22 bits per heavy atom. The summed E-state index contributed by atoms with van der Waals surface area (Å²) in [6.07, 6.45) is -2.71. The molecule has 0 saturated heterocycles. The van der Waals surface area contributed by atoms with Gasteiger partial charge in [0.2, 0.25) is 0 Å². The Balaban J connectivity index is 2.28. The lowest BCUT2D eigenvalue weighted by Gasteiger charge is -2.15. The van der Waals surface area contributed by atoms with Gasteiger partial charge in [0, 0.05) is 0 Å². The van der Waals surface area contributed by atoms with Gasteiger partial charge in [0.05, 0.1) is 22.7 Å². The van der Waals surface area contributed by atoms with E-state index in [1.54, 1.807) is 13.2 Å². The van der Waals surface area contributed by atoms with Crippen LogP contribution in [0.5, 0.6) is 0 Å². The molecule has 1 unspecified atom stereocenters. The van der Waals surface area contributed by atoms with E-state index in [9.17, 15) is 13.2 Å². The predicted molar refractivity (Wildman–Crippen MR) is 62.3 cm³/mol. The summed E-state index contributed by atoms with van der Waals surface area (Å²) in [5.41, 5.74) is 0.0973. The maximum absolute atomic E-state index is 12.4. The van der Waals surface area contributed by atoms with Crippen LogP contribution in [0.4, 0.5) is 13.2 Å². The molecular weight excluding hydrogens is 263 g/mol. The predicted octanol–water partition coefficient (Wildman–Crippen LogP) is 2.87. The molecule has 1 heterocycles. The SMILES string of the molecule is CNC(c1ccc(C(F)(F)F)cc1)c1cnns1. The van der Waals surface area contributed by atoms with Crippen LogP contribution in [0.2, 0.25) is 0 Å². The molecule has 2 aromatic rings. The molecule has 0 bridgehead atoms. The minimum absolute atomic E-state index is 0.188. The average molecular weight is 273 g/mol. The van der Waals surface area contributed by atoms with Crippen molar-refractivity contribution < 1.29 is 13.2 Å². The van der Waals surface area contributed by atoms with Crippen LogP contribution in [0.3, 0.4) is 0 Å². The zero-order valence-electron chi connectivity index (χ0n) is 9.40. The van der Waals surface area contributed by atoms with Gasteiger partial charge in [-0.2, -0.15) is 13.2 Å². The number of aromatic nitrogens is 2. The molecule has 18 heavy (non-hydrogen) atoms. The number of hydrogen-bond donors (Lipinski definition) is 1. The van der Waals surface area contributed by atoms with Gasteiger partial charge in [-0.25, -0.2) is 0 Å². The fraction of sp³-hybridized carbons (Fsp3) is 0.273. The monoisotopic (exact) mass is 273 g/mol. The third-order valence-corrected chi connectivity index (χ3v) is 3.25. The molecule has 1 atom stereocenters. The summed E-state index contributed by atoms with van der Waals surface area (Å²) >= 11 is 1.21. The number of rotatable bonds is 3. The largest absolute Gasteiger partial charge is 0.416 e. The van der Waals surface area contributed by atoms with Crippen molar-refractivity contribution in [2.24, 2.45) is 0 Å². The first kappa shape index (κ1) is 13.0. The highest BCUT2D eigenvalue weighted by Crippen LogP contribution is 2.31. The Hall–Kier alpha value is -1.47. The maximum Gasteiger partial charge on any atom is 0.416 e. The first-order valence-corrected chi connectivity index (χ1v) is 5.91. The number of nitrogens with one attached hydrogen (secondary N) is 1. The number of benzene rings is 1. The molecule has 0 spiro atoms. The van der Waals surface area contributed by atoms with E-state index >= 15 is 0 Å². The molecule has 0 amide bonds. The summed E-state index contributed by atoms with van der Waals surface area (Å²) in [6, 6.07) is 4.89. The molecule has 0 aliphatic carbocycles. The van der Waals surface area contributed by atoms with E-state index in [1.165, 1.54) is 23.7 Å². The normalized spacial score (nSPS) is 13.6. The second-order valence-corrected chi connectivity index (χ2v) is 4.48. The van der Waals surface area contributed by atoms with Crippen LogP contribution in [-0.2, 0) is 6.18 Å². The van der Waals surface area contributed by atoms with Gasteiger partial charge in [-0.15, -0.1) is 5.10 Å². The Morgan fingerprint density at radius 3 is 2.33 bits per heavy atom. The molecule has 7 heteroatoms. The van der Waals surface area contributed by atoms with Crippen molar-refractivity contribution in [1.29, 1.82) is 0 Å². The third-order valence-electron chi connectivity index (χ3n) is 2.52. The molecule has 2 rings (SSSR count). The zero-order valence-corrected chi connectivity index (χ0v) is 10.2. The first-order chi connectivity index (χ1) is 8.52. The lowest BCUT2D eigenvalue weighted by molar-refractivity contribution is -0.137. The van der Waals surface area contributed by atoms with E-state index < -0.39 is 11.7 Å². The summed E-state index contributed by atoms with van der Waals surface area (Å²) in [4.78, 5) is 0.859. The Kier molecular flexibility index (Phi) is 3.63. The van der Waals surface area contributed by atoms with Gasteiger partial charge in [-0.05, 0) is 36.3 Å². The highest BCUT2D eigenvalue weighted by molar-refractivity contribution is 7.05. The summed E-state index contributed by atoms with van der Waals surface area (Å²) in [6.45, 7) is 0. The van der Waals surface area contributed by atoms with Gasteiger partial charge in [0.15, 0.2) is 0 Å². The van der Waals surface area contributed by atoms with Crippen molar-refractivity contribution in [3.8, 4) is 0 Å². The van der Waals surface area contributed by atoms with Crippen molar-refractivity contribution >= 4 is 11.5 Å². The number of nitrogens with zero attached hydrogens (tertiary/aromatic N) is 2. The summed E-state index contributed by atoms with van der Waals surface area (Å²) < 4.78 is 41.1. The number of alkyl halides is 3. The highest BCUT2D eigenvalue weighted by Gasteiger charge is 2.30. The Morgan fingerprint density at radius 2 is 1.89 bits per heavy atom. The Labute approximate surface area is 106 Å². The van der Waals surface area contributed by atoms with Crippen molar-refractivity contribution in [3.05, 3.63) is 46.5 Å². The van der Waals surface area contributed by atoms with Gasteiger partial charge >= 0.3 is 6.18 Å². The maximum atomic E-state index is 12.4. The minimum atomic E-state index is -4.31. The van der Waals surface area contributed by atoms with Crippen LogP contribution in [0, 0.1) is 0 Å². The molecule has 3 nitrogen and oxygen atoms in total. The van der Waals surface area contributed by atoms with Crippen LogP contribution < -0.4 is 5.32 Å². The fourth-order valence-electron chi connectivity index (χ4n) is 1.64. The summed E-state index contributed by atoms with van der Waals surface area (Å²) in [5, 5.41) is 6.75. The Bertz CT molecular complexity index is 493. The number of hydrogen-bond acceptors (Lipinski definition) is 4. The topological polar surface area (TPSA) is 37.8 Å². The van der Waals surface area contributed by atoms with E-state index in [2.05, 4.69) is 14.9 Å². The quantitative estimate of drug-likeness (QED) is 0.934. The molecule has 1 aromatic carbocycles. The fourth-order valence-corrected chi connectivity index (χ4v) is 2.28. The van der Waals surface area contributed by atoms with Crippen molar-refractivity contribution in [1.82, 2.24) is 14.9 Å². The zero-order chi connectivity index (χ0) is 13.2. The average Bonchev–Trinajstić information content (AvgIpc) is 2.83. The molecule has 0 radical (unpaired) electrons. The van der Waals surface area contributed by atoms with Gasteiger partial charge in [0.1, 0.15) is 0 Å². The second kappa shape index (κ2) is 5.03. The smallest absolute Gasteiger partial charge is 0.309 e. The molecule has 1 N–H and O–H groups in total. The van der Waals surface area contributed by atoms with Gasteiger partial charge < -0.3 is 5.32 Å². The third kappa shape index (κ3) is 2.68. The van der Waals surface area contributed by atoms with E-state index in [1.807, 2.05) is 0 Å². The molecule has 0 fully saturated rings. The molecule has 0 saturated carbocycles. The summed E-state index contributed by atoms with van der Waals surface area (Å²) in [5.74, 6) is 0. The van der Waals surface area contributed by atoms with Gasteiger partial charge in [0.25, 0.3) is 0 Å². The number of halogens is 3. The highest BCUT2D eigenvalue weighted by atomic mass is 32.1. The first-order valence-electron chi connectivity index (χ1n) is 5.14. The van der Waals surface area contributed by atoms with Crippen LogP contribution >= 0.6 is 11.5 Å². The lowest BCUT2D eigenvalue weighted by atomic mass is 10.0. The molecule has 0 aliphatic heterocycles. The minimum Gasteiger partial charge on any atom is -0.309 e. The standard InChI is InChI=1S/C11H10F3N3S/c1-15-10(9-6-16-17-18-9)7-2-4-8(5-3-7)11(12,13)14/h2-6,10,15H,1H3. The van der Waals surface area contributed by atoms with Gasteiger partial charge in [-0.3, -0.25) is 0 Å². The van der Waals surface area contributed by atoms with E-state index in [4.69, 9.17) is 0 Å². The van der Waals surface area contributed by atoms with Crippen LogP contribution in [0.25, 0.3) is 0 Å². The van der Waals surface area contributed by atoms with E-state index in [-0.39, 0.29) is 6.04 Å².